The number of carbonyl (C=O) groups is 1. The number of piperidine rings is 1. The SMILES string of the molecule is COc1ccc(C)cc1S(=O)(=O)N1CCCC(C(=O)NC2CCCCC2)C1. The van der Waals surface area contributed by atoms with Crippen molar-refractivity contribution in [1.82, 2.24) is 9.62 Å². The number of ether oxygens (including phenoxy) is 1. The second kappa shape index (κ2) is 8.61. The van der Waals surface area contributed by atoms with E-state index >= 15 is 0 Å². The van der Waals surface area contributed by atoms with Gasteiger partial charge >= 0.3 is 0 Å². The number of sulfonamides is 1. The molecule has 1 saturated carbocycles. The topological polar surface area (TPSA) is 75.7 Å². The molecule has 1 unspecified atom stereocenters. The van der Waals surface area contributed by atoms with Gasteiger partial charge in [-0.15, -0.1) is 0 Å². The molecule has 1 amide bonds. The number of rotatable bonds is 5. The van der Waals surface area contributed by atoms with E-state index in [9.17, 15) is 13.2 Å². The molecule has 1 heterocycles. The molecule has 1 aliphatic heterocycles. The lowest BCUT2D eigenvalue weighted by Gasteiger charge is -2.33. The first kappa shape index (κ1) is 20.1. The summed E-state index contributed by atoms with van der Waals surface area (Å²) < 4.78 is 33.1. The third kappa shape index (κ3) is 4.63. The molecule has 1 aromatic rings. The number of amides is 1. The molecule has 1 saturated heterocycles. The zero-order chi connectivity index (χ0) is 19.4. The van der Waals surface area contributed by atoms with Crippen molar-refractivity contribution in [2.24, 2.45) is 5.92 Å². The molecule has 27 heavy (non-hydrogen) atoms. The van der Waals surface area contributed by atoms with Crippen molar-refractivity contribution in [3.63, 3.8) is 0 Å². The van der Waals surface area contributed by atoms with Crippen molar-refractivity contribution in [2.75, 3.05) is 20.2 Å². The molecule has 2 aliphatic rings. The van der Waals surface area contributed by atoms with Gasteiger partial charge in [0.25, 0.3) is 0 Å². The molecular formula is C20H30N2O4S. The van der Waals surface area contributed by atoms with Gasteiger partial charge in [0.1, 0.15) is 10.6 Å². The zero-order valence-corrected chi connectivity index (χ0v) is 17.1. The summed E-state index contributed by atoms with van der Waals surface area (Å²) in [7, 11) is -2.23. The van der Waals surface area contributed by atoms with Crippen molar-refractivity contribution >= 4 is 15.9 Å². The van der Waals surface area contributed by atoms with Gasteiger partial charge in [0.15, 0.2) is 0 Å². The van der Waals surface area contributed by atoms with Crippen molar-refractivity contribution < 1.29 is 17.9 Å². The fourth-order valence-electron chi connectivity index (χ4n) is 4.07. The van der Waals surface area contributed by atoms with Gasteiger partial charge in [0.05, 0.1) is 13.0 Å². The van der Waals surface area contributed by atoms with E-state index in [4.69, 9.17) is 4.74 Å². The minimum atomic E-state index is -3.70. The molecule has 1 aromatic carbocycles. The van der Waals surface area contributed by atoms with Crippen LogP contribution in [0.3, 0.4) is 0 Å². The van der Waals surface area contributed by atoms with E-state index in [-0.39, 0.29) is 29.3 Å². The maximum absolute atomic E-state index is 13.2. The van der Waals surface area contributed by atoms with Crippen LogP contribution in [0.1, 0.15) is 50.5 Å². The van der Waals surface area contributed by atoms with E-state index in [0.717, 1.165) is 37.7 Å². The molecule has 3 rings (SSSR count). The Morgan fingerprint density at radius 3 is 2.59 bits per heavy atom. The standard InChI is InChI=1S/C20H30N2O4S/c1-15-10-11-18(26-2)19(13-15)27(24,25)22-12-6-7-16(14-22)20(23)21-17-8-4-3-5-9-17/h10-11,13,16-17H,3-9,12,14H2,1-2H3,(H,21,23). The van der Waals surface area contributed by atoms with E-state index in [1.807, 2.05) is 13.0 Å². The van der Waals surface area contributed by atoms with Crippen molar-refractivity contribution in [2.45, 2.75) is 62.8 Å². The van der Waals surface area contributed by atoms with Crippen LogP contribution in [-0.2, 0) is 14.8 Å². The highest BCUT2D eigenvalue weighted by Crippen LogP contribution is 2.31. The van der Waals surface area contributed by atoms with Crippen molar-refractivity contribution in [3.05, 3.63) is 23.8 Å². The number of nitrogens with one attached hydrogen (secondary N) is 1. The molecule has 0 bridgehead atoms. The summed E-state index contributed by atoms with van der Waals surface area (Å²) in [6, 6.07) is 5.39. The molecule has 7 heteroatoms. The summed E-state index contributed by atoms with van der Waals surface area (Å²) in [4.78, 5) is 12.9. The Morgan fingerprint density at radius 2 is 1.89 bits per heavy atom. The molecule has 6 nitrogen and oxygen atoms in total. The van der Waals surface area contributed by atoms with Gasteiger partial charge < -0.3 is 10.1 Å². The van der Waals surface area contributed by atoms with Crippen molar-refractivity contribution in [3.8, 4) is 5.75 Å². The maximum Gasteiger partial charge on any atom is 0.246 e. The first-order valence-corrected chi connectivity index (χ1v) is 11.3. The number of hydrogen-bond donors (Lipinski definition) is 1. The molecule has 150 valence electrons. The number of hydrogen-bond acceptors (Lipinski definition) is 4. The predicted molar refractivity (Wildman–Crippen MR) is 104 cm³/mol. The lowest BCUT2D eigenvalue weighted by Crippen LogP contribution is -2.47. The number of nitrogens with zero attached hydrogens (tertiary/aromatic N) is 1. The molecule has 1 atom stereocenters. The Morgan fingerprint density at radius 1 is 1.15 bits per heavy atom. The van der Waals surface area contributed by atoms with Crippen LogP contribution in [0.25, 0.3) is 0 Å². The van der Waals surface area contributed by atoms with E-state index in [0.29, 0.717) is 18.7 Å². The van der Waals surface area contributed by atoms with Crippen LogP contribution in [0, 0.1) is 12.8 Å². The van der Waals surface area contributed by atoms with Crippen LogP contribution >= 0.6 is 0 Å². The summed E-state index contributed by atoms with van der Waals surface area (Å²) in [6.07, 6.45) is 7.03. The van der Waals surface area contributed by atoms with Crippen LogP contribution in [0.2, 0.25) is 0 Å². The Bertz CT molecular complexity index is 772. The quantitative estimate of drug-likeness (QED) is 0.833. The second-order valence-corrected chi connectivity index (χ2v) is 9.61. The summed E-state index contributed by atoms with van der Waals surface area (Å²) in [6.45, 7) is 2.53. The first-order chi connectivity index (χ1) is 12.9. The predicted octanol–water partition coefficient (Wildman–Crippen LogP) is 2.85. The minimum absolute atomic E-state index is 0.00185. The third-order valence-corrected chi connectivity index (χ3v) is 7.53. The van der Waals surface area contributed by atoms with Gasteiger partial charge in [-0.3, -0.25) is 4.79 Å². The van der Waals surface area contributed by atoms with Crippen LogP contribution in [0.15, 0.2) is 23.1 Å². The zero-order valence-electron chi connectivity index (χ0n) is 16.2. The van der Waals surface area contributed by atoms with E-state index in [1.165, 1.54) is 17.8 Å². The van der Waals surface area contributed by atoms with Crippen molar-refractivity contribution in [1.29, 1.82) is 0 Å². The average molecular weight is 395 g/mol. The lowest BCUT2D eigenvalue weighted by atomic mass is 9.93. The summed E-state index contributed by atoms with van der Waals surface area (Å²) in [5, 5.41) is 3.15. The van der Waals surface area contributed by atoms with E-state index in [2.05, 4.69) is 5.32 Å². The van der Waals surface area contributed by atoms with Crippen LogP contribution in [0.5, 0.6) is 5.75 Å². The Kier molecular flexibility index (Phi) is 6.42. The fraction of sp³-hybridized carbons (Fsp3) is 0.650. The summed E-state index contributed by atoms with van der Waals surface area (Å²) in [5.74, 6) is 0.0543. The number of carbonyl (C=O) groups excluding carboxylic acids is 1. The molecule has 0 aromatic heterocycles. The van der Waals surface area contributed by atoms with Crippen LogP contribution < -0.4 is 10.1 Å². The Labute approximate surface area is 162 Å². The normalized spacial score (nSPS) is 22.4. The molecule has 0 spiro atoms. The highest BCUT2D eigenvalue weighted by atomic mass is 32.2. The van der Waals surface area contributed by atoms with Gasteiger partial charge in [-0.1, -0.05) is 25.3 Å². The number of aryl methyl sites for hydroxylation is 1. The first-order valence-electron chi connectivity index (χ1n) is 9.87. The average Bonchev–Trinajstić information content (AvgIpc) is 2.69. The molecule has 0 radical (unpaired) electrons. The molecule has 2 fully saturated rings. The monoisotopic (exact) mass is 394 g/mol. The van der Waals surface area contributed by atoms with Crippen LogP contribution in [0.4, 0.5) is 0 Å². The molecule has 1 aliphatic carbocycles. The van der Waals surface area contributed by atoms with Crippen LogP contribution in [-0.4, -0.2) is 44.9 Å². The highest BCUT2D eigenvalue weighted by Gasteiger charge is 2.35. The third-order valence-electron chi connectivity index (χ3n) is 5.64. The lowest BCUT2D eigenvalue weighted by molar-refractivity contribution is -0.127. The Balaban J connectivity index is 1.73. The number of benzene rings is 1. The van der Waals surface area contributed by atoms with Gasteiger partial charge in [-0.05, 0) is 50.3 Å². The summed E-state index contributed by atoms with van der Waals surface area (Å²) in [5.41, 5.74) is 0.859. The van der Waals surface area contributed by atoms with E-state index < -0.39 is 10.0 Å². The summed E-state index contributed by atoms with van der Waals surface area (Å²) >= 11 is 0. The fourth-order valence-corrected chi connectivity index (χ4v) is 5.83. The second-order valence-electron chi connectivity index (χ2n) is 7.70. The van der Waals surface area contributed by atoms with E-state index in [1.54, 1.807) is 12.1 Å². The molecular weight excluding hydrogens is 364 g/mol. The number of methoxy groups -OCH3 is 1. The largest absolute Gasteiger partial charge is 0.495 e. The maximum atomic E-state index is 13.2. The van der Waals surface area contributed by atoms with Gasteiger partial charge in [-0.2, -0.15) is 4.31 Å². The minimum Gasteiger partial charge on any atom is -0.495 e. The molecule has 1 N–H and O–H groups in total. The van der Waals surface area contributed by atoms with Gasteiger partial charge in [0.2, 0.25) is 15.9 Å². The highest BCUT2D eigenvalue weighted by molar-refractivity contribution is 7.89. The Hall–Kier alpha value is -1.60. The van der Waals surface area contributed by atoms with Gasteiger partial charge in [-0.25, -0.2) is 8.42 Å². The van der Waals surface area contributed by atoms with Gasteiger partial charge in [0, 0.05) is 19.1 Å². The smallest absolute Gasteiger partial charge is 0.246 e.